The molecule has 1 saturated heterocycles. The van der Waals surface area contributed by atoms with Crippen molar-refractivity contribution in [3.8, 4) is 0 Å². The van der Waals surface area contributed by atoms with Crippen LogP contribution in [0, 0.1) is 0 Å². The number of ether oxygens (including phenoxy) is 1. The highest BCUT2D eigenvalue weighted by molar-refractivity contribution is 5.98. The summed E-state index contributed by atoms with van der Waals surface area (Å²) in [5.41, 5.74) is 4.89. The van der Waals surface area contributed by atoms with Gasteiger partial charge in [-0.2, -0.15) is 0 Å². The van der Waals surface area contributed by atoms with Crippen molar-refractivity contribution < 1.29 is 19.1 Å². The van der Waals surface area contributed by atoms with Gasteiger partial charge in [-0.05, 0) is 60.6 Å². The Labute approximate surface area is 188 Å². The molecule has 32 heavy (non-hydrogen) atoms. The lowest BCUT2D eigenvalue weighted by molar-refractivity contribution is -0.121. The molecule has 0 unspecified atom stereocenters. The third-order valence-corrected chi connectivity index (χ3v) is 6.24. The third-order valence-electron chi connectivity index (χ3n) is 6.24. The van der Waals surface area contributed by atoms with Crippen molar-refractivity contribution in [2.75, 3.05) is 26.3 Å². The summed E-state index contributed by atoms with van der Waals surface area (Å²) in [6, 6.07) is 13.3. The Balaban J connectivity index is 1.22. The van der Waals surface area contributed by atoms with E-state index in [2.05, 4.69) is 11.4 Å². The molecule has 6 heteroatoms. The van der Waals surface area contributed by atoms with Crippen LogP contribution in [0.4, 0.5) is 0 Å². The minimum atomic E-state index is -0.148. The summed E-state index contributed by atoms with van der Waals surface area (Å²) in [5.74, 6) is -0.131. The molecule has 2 aromatic rings. The Hall–Kier alpha value is -2.99. The van der Waals surface area contributed by atoms with Gasteiger partial charge in [0.15, 0.2) is 5.78 Å². The van der Waals surface area contributed by atoms with Crippen LogP contribution in [0.5, 0.6) is 0 Å². The number of carbonyl (C=O) groups excluding carboxylic acids is 3. The Kier molecular flexibility index (Phi) is 7.32. The van der Waals surface area contributed by atoms with Gasteiger partial charge in [-0.15, -0.1) is 0 Å². The zero-order valence-corrected chi connectivity index (χ0v) is 18.4. The monoisotopic (exact) mass is 434 g/mol. The molecular weight excluding hydrogens is 404 g/mol. The van der Waals surface area contributed by atoms with E-state index < -0.39 is 0 Å². The average molecular weight is 435 g/mol. The zero-order chi connectivity index (χ0) is 22.3. The van der Waals surface area contributed by atoms with E-state index in [-0.39, 0.29) is 30.4 Å². The second kappa shape index (κ2) is 10.6. The molecule has 0 aromatic heterocycles. The lowest BCUT2D eigenvalue weighted by atomic mass is 9.89. The number of rotatable bonds is 7. The maximum absolute atomic E-state index is 12.5. The lowest BCUT2D eigenvalue weighted by Gasteiger charge is -2.26. The largest absolute Gasteiger partial charge is 0.378 e. The normalized spacial score (nSPS) is 15.7. The number of nitrogens with one attached hydrogen (secondary N) is 1. The first-order valence-electron chi connectivity index (χ1n) is 11.5. The van der Waals surface area contributed by atoms with Gasteiger partial charge in [-0.1, -0.05) is 24.3 Å². The van der Waals surface area contributed by atoms with Gasteiger partial charge in [0.05, 0.1) is 13.2 Å². The summed E-state index contributed by atoms with van der Waals surface area (Å²) in [5, 5.41) is 2.86. The molecule has 2 aliphatic rings. The molecule has 1 N–H and O–H groups in total. The molecular formula is C26H30N2O4. The minimum Gasteiger partial charge on any atom is -0.378 e. The molecule has 1 aliphatic carbocycles. The predicted molar refractivity (Wildman–Crippen MR) is 122 cm³/mol. The number of ketones is 1. The van der Waals surface area contributed by atoms with Crippen LogP contribution in [0.2, 0.25) is 0 Å². The van der Waals surface area contributed by atoms with Gasteiger partial charge >= 0.3 is 0 Å². The topological polar surface area (TPSA) is 75.7 Å². The molecule has 2 amide bonds. The molecule has 0 radical (unpaired) electrons. The van der Waals surface area contributed by atoms with Gasteiger partial charge in [-0.25, -0.2) is 0 Å². The summed E-state index contributed by atoms with van der Waals surface area (Å²) in [7, 11) is 0. The van der Waals surface area contributed by atoms with Gasteiger partial charge in [0.1, 0.15) is 0 Å². The van der Waals surface area contributed by atoms with Crippen LogP contribution in [-0.2, 0) is 28.9 Å². The molecule has 0 spiro atoms. The quantitative estimate of drug-likeness (QED) is 0.679. The van der Waals surface area contributed by atoms with Crippen molar-refractivity contribution >= 4 is 17.6 Å². The maximum atomic E-state index is 12.5. The highest BCUT2D eigenvalue weighted by Gasteiger charge is 2.18. The molecule has 1 heterocycles. The zero-order valence-electron chi connectivity index (χ0n) is 18.4. The van der Waals surface area contributed by atoms with Gasteiger partial charge in [0, 0.05) is 43.6 Å². The number of carbonyl (C=O) groups is 3. The Bertz CT molecular complexity index is 978. The molecule has 0 bridgehead atoms. The SMILES string of the molecule is O=C(CCC(=O)c1ccc2c(c1)CCCC2)NCc1ccc(C(=O)N2CCOCC2)cc1. The van der Waals surface area contributed by atoms with Gasteiger partial charge in [0.25, 0.3) is 5.91 Å². The van der Waals surface area contributed by atoms with Crippen molar-refractivity contribution in [3.63, 3.8) is 0 Å². The van der Waals surface area contributed by atoms with E-state index in [1.54, 1.807) is 17.0 Å². The van der Waals surface area contributed by atoms with Crippen LogP contribution in [0.3, 0.4) is 0 Å². The Morgan fingerprint density at radius 3 is 2.28 bits per heavy atom. The fourth-order valence-electron chi connectivity index (χ4n) is 4.28. The first kappa shape index (κ1) is 22.2. The number of fused-ring (bicyclic) bond motifs is 1. The highest BCUT2D eigenvalue weighted by atomic mass is 16.5. The number of hydrogen-bond acceptors (Lipinski definition) is 4. The predicted octanol–water partition coefficient (Wildman–Crippen LogP) is 3.32. The number of nitrogens with zero attached hydrogens (tertiary/aromatic N) is 1. The van der Waals surface area contributed by atoms with Crippen LogP contribution in [0.1, 0.15) is 63.1 Å². The fraction of sp³-hybridized carbons (Fsp3) is 0.423. The van der Waals surface area contributed by atoms with E-state index in [1.165, 1.54) is 24.0 Å². The number of benzene rings is 2. The van der Waals surface area contributed by atoms with Gasteiger partial charge < -0.3 is 15.0 Å². The van der Waals surface area contributed by atoms with Crippen LogP contribution >= 0.6 is 0 Å². The van der Waals surface area contributed by atoms with E-state index in [0.717, 1.165) is 18.4 Å². The van der Waals surface area contributed by atoms with Crippen LogP contribution in [0.15, 0.2) is 42.5 Å². The van der Waals surface area contributed by atoms with Crippen molar-refractivity contribution in [3.05, 3.63) is 70.3 Å². The number of Topliss-reactive ketones (excluding diaryl/α,β-unsaturated/α-hetero) is 1. The number of morpholine rings is 1. The van der Waals surface area contributed by atoms with Crippen molar-refractivity contribution in [2.24, 2.45) is 0 Å². The maximum Gasteiger partial charge on any atom is 0.254 e. The van der Waals surface area contributed by atoms with E-state index in [4.69, 9.17) is 4.74 Å². The molecule has 1 fully saturated rings. The van der Waals surface area contributed by atoms with Gasteiger partial charge in [-0.3, -0.25) is 14.4 Å². The van der Waals surface area contributed by atoms with Crippen LogP contribution < -0.4 is 5.32 Å². The summed E-state index contributed by atoms with van der Waals surface area (Å²) in [6.45, 7) is 2.75. The molecule has 0 atom stereocenters. The minimum absolute atomic E-state index is 0.00424. The number of aryl methyl sites for hydroxylation is 2. The number of amides is 2. The lowest BCUT2D eigenvalue weighted by Crippen LogP contribution is -2.40. The standard InChI is InChI=1S/C26H30N2O4/c29-24(23-10-9-20-3-1-2-4-22(20)17-23)11-12-25(30)27-18-19-5-7-21(8-6-19)26(31)28-13-15-32-16-14-28/h5-10,17H,1-4,11-16,18H2,(H,27,30). The smallest absolute Gasteiger partial charge is 0.254 e. The van der Waals surface area contributed by atoms with Crippen molar-refractivity contribution in [1.82, 2.24) is 10.2 Å². The summed E-state index contributed by atoms with van der Waals surface area (Å²) in [6.07, 6.45) is 4.90. The third kappa shape index (κ3) is 5.62. The fourth-order valence-corrected chi connectivity index (χ4v) is 4.28. The van der Waals surface area contributed by atoms with Crippen molar-refractivity contribution in [2.45, 2.75) is 45.1 Å². The first-order valence-corrected chi connectivity index (χ1v) is 11.5. The van der Waals surface area contributed by atoms with E-state index >= 15 is 0 Å². The molecule has 2 aromatic carbocycles. The summed E-state index contributed by atoms with van der Waals surface area (Å²) < 4.78 is 5.29. The second-order valence-electron chi connectivity index (χ2n) is 8.49. The molecule has 4 rings (SSSR count). The van der Waals surface area contributed by atoms with Gasteiger partial charge in [0.2, 0.25) is 5.91 Å². The molecule has 6 nitrogen and oxygen atoms in total. The van der Waals surface area contributed by atoms with Crippen LogP contribution in [-0.4, -0.2) is 48.8 Å². The van der Waals surface area contributed by atoms with Crippen LogP contribution in [0.25, 0.3) is 0 Å². The summed E-state index contributed by atoms with van der Waals surface area (Å²) in [4.78, 5) is 39.0. The molecule has 0 saturated carbocycles. The Morgan fingerprint density at radius 2 is 1.53 bits per heavy atom. The summed E-state index contributed by atoms with van der Waals surface area (Å²) >= 11 is 0. The Morgan fingerprint density at radius 1 is 0.844 bits per heavy atom. The van der Waals surface area contributed by atoms with E-state index in [9.17, 15) is 14.4 Å². The molecule has 168 valence electrons. The highest BCUT2D eigenvalue weighted by Crippen LogP contribution is 2.23. The molecule has 1 aliphatic heterocycles. The van der Waals surface area contributed by atoms with E-state index in [1.807, 2.05) is 24.3 Å². The number of hydrogen-bond donors (Lipinski definition) is 1. The average Bonchev–Trinajstić information content (AvgIpc) is 2.86. The second-order valence-corrected chi connectivity index (χ2v) is 8.49. The van der Waals surface area contributed by atoms with E-state index in [0.29, 0.717) is 44.0 Å². The van der Waals surface area contributed by atoms with Crippen molar-refractivity contribution in [1.29, 1.82) is 0 Å². The first-order chi connectivity index (χ1) is 15.6.